The summed E-state index contributed by atoms with van der Waals surface area (Å²) in [5.74, 6) is -1.75. The predicted octanol–water partition coefficient (Wildman–Crippen LogP) is 4.57. The van der Waals surface area contributed by atoms with Gasteiger partial charge >= 0.3 is 0 Å². The molecule has 3 heterocycles. The fraction of sp³-hybridized carbons (Fsp3) is 0.333. The zero-order valence-electron chi connectivity index (χ0n) is 22.4. The van der Waals surface area contributed by atoms with Crippen LogP contribution in [0, 0.1) is 0 Å². The lowest BCUT2D eigenvalue weighted by atomic mass is 9.92. The van der Waals surface area contributed by atoms with Crippen LogP contribution in [-0.2, 0) is 16.6 Å². The minimum Gasteiger partial charge on any atom is -0.382 e. The zero-order chi connectivity index (χ0) is 26.5. The molecule has 1 aromatic carbocycles. The normalized spacial score (nSPS) is 16.0. The van der Waals surface area contributed by atoms with E-state index in [4.69, 9.17) is 15.7 Å². The van der Waals surface area contributed by atoms with E-state index in [0.29, 0.717) is 16.8 Å². The van der Waals surface area contributed by atoms with Gasteiger partial charge in [-0.2, -0.15) is 0 Å². The topological polar surface area (TPSA) is 111 Å². The number of fused-ring (bicyclic) bond motifs is 1. The summed E-state index contributed by atoms with van der Waals surface area (Å²) in [6, 6.07) is 8.79. The van der Waals surface area contributed by atoms with Crippen LogP contribution in [0.1, 0.15) is 63.0 Å². The molecule has 0 radical (unpaired) electrons. The van der Waals surface area contributed by atoms with Crippen molar-refractivity contribution in [3.05, 3.63) is 59.8 Å². The first kappa shape index (κ1) is 16.9. The highest BCUT2D eigenvalue weighted by Gasteiger charge is 2.20. The summed E-state index contributed by atoms with van der Waals surface area (Å²) in [6.45, 7) is 4.69. The number of carbonyl (C=O) groups is 1. The molecule has 0 saturated carbocycles. The smallest absolute Gasteiger partial charge is 0.231 e. The van der Waals surface area contributed by atoms with Crippen LogP contribution >= 0.6 is 0 Å². The number of nitrogens with one attached hydrogen (secondary N) is 1. The second-order valence-corrected chi connectivity index (χ2v) is 8.69. The molecule has 4 rings (SSSR count). The van der Waals surface area contributed by atoms with Gasteiger partial charge in [0.2, 0.25) is 11.8 Å². The second kappa shape index (κ2) is 8.11. The Morgan fingerprint density at radius 1 is 1.34 bits per heavy atom. The highest BCUT2D eigenvalue weighted by molar-refractivity contribution is 5.91. The summed E-state index contributed by atoms with van der Waals surface area (Å²) < 4.78 is 38.7. The number of nitrogen functional groups attached to an aromatic ring is 1. The molecule has 0 fully saturated rings. The summed E-state index contributed by atoms with van der Waals surface area (Å²) in [7, 11) is 0. The average molecular weight is 437 g/mol. The molecule has 32 heavy (non-hydrogen) atoms. The fourth-order valence-electron chi connectivity index (χ4n) is 3.36. The Bertz CT molecular complexity index is 1420. The lowest BCUT2D eigenvalue weighted by molar-refractivity contribution is -0.115. The van der Waals surface area contributed by atoms with Crippen molar-refractivity contribution in [1.29, 1.82) is 0 Å². The van der Waals surface area contributed by atoms with Crippen molar-refractivity contribution in [3.63, 3.8) is 0 Å². The van der Waals surface area contributed by atoms with Crippen molar-refractivity contribution in [2.24, 2.45) is 0 Å². The molecule has 3 N–H and O–H groups in total. The first-order valence-corrected chi connectivity index (χ1v) is 10.2. The monoisotopic (exact) mass is 436 g/mol. The van der Waals surface area contributed by atoms with Gasteiger partial charge < -0.3 is 10.3 Å². The number of benzene rings is 1. The number of imidazole rings is 1. The Morgan fingerprint density at radius 3 is 2.75 bits per heavy atom. The molecule has 8 nitrogen and oxygen atoms in total. The first-order valence-electron chi connectivity index (χ1n) is 12.2. The molecule has 0 bridgehead atoms. The lowest BCUT2D eigenvalue weighted by Gasteiger charge is -2.12. The Morgan fingerprint density at radius 2 is 2.09 bits per heavy atom. The second-order valence-electron chi connectivity index (χ2n) is 8.69. The first-order chi connectivity index (χ1) is 16.7. The van der Waals surface area contributed by atoms with Gasteiger partial charge in [0.15, 0.2) is 0 Å². The maximum Gasteiger partial charge on any atom is 0.231 e. The zero-order valence-corrected chi connectivity index (χ0v) is 18.4. The molecule has 0 aliphatic carbocycles. The van der Waals surface area contributed by atoms with Crippen LogP contribution in [0.4, 0.5) is 11.7 Å². The molecule has 0 saturated heterocycles. The van der Waals surface area contributed by atoms with Crippen LogP contribution in [0.25, 0.3) is 16.8 Å². The van der Waals surface area contributed by atoms with Gasteiger partial charge in [0, 0.05) is 40.8 Å². The third-order valence-electron chi connectivity index (χ3n) is 5.05. The van der Waals surface area contributed by atoms with Crippen molar-refractivity contribution < 1.29 is 14.8 Å². The van der Waals surface area contributed by atoms with Crippen molar-refractivity contribution in [1.82, 2.24) is 19.5 Å². The number of anilines is 2. The Kier molecular flexibility index (Phi) is 4.29. The van der Waals surface area contributed by atoms with Gasteiger partial charge in [-0.1, -0.05) is 64.0 Å². The highest BCUT2D eigenvalue weighted by Crippen LogP contribution is 2.30. The molecule has 4 aromatic rings. The van der Waals surface area contributed by atoms with Crippen LogP contribution in [0.3, 0.4) is 0 Å². The Labute approximate surface area is 192 Å². The average Bonchev–Trinajstić information content (AvgIpc) is 3.39. The van der Waals surface area contributed by atoms with E-state index in [1.54, 1.807) is 36.5 Å². The van der Waals surface area contributed by atoms with Gasteiger partial charge in [-0.05, 0) is 5.56 Å². The van der Waals surface area contributed by atoms with Gasteiger partial charge in [0.25, 0.3) is 0 Å². The van der Waals surface area contributed by atoms with E-state index in [2.05, 4.69) is 20.4 Å². The van der Waals surface area contributed by atoms with E-state index in [-0.39, 0.29) is 35.3 Å². The predicted molar refractivity (Wildman–Crippen MR) is 124 cm³/mol. The van der Waals surface area contributed by atoms with E-state index in [0.717, 1.165) is 11.3 Å². The van der Waals surface area contributed by atoms with Crippen molar-refractivity contribution in [2.45, 2.75) is 52.3 Å². The summed E-state index contributed by atoms with van der Waals surface area (Å²) in [5, 5.41) is 6.71. The number of aromatic nitrogens is 4. The van der Waals surface area contributed by atoms with Crippen molar-refractivity contribution >= 4 is 23.1 Å². The summed E-state index contributed by atoms with van der Waals surface area (Å²) in [6.07, 6.45) is 3.09. The van der Waals surface area contributed by atoms with E-state index in [1.807, 2.05) is 20.8 Å². The molecule has 0 aliphatic heterocycles. The third-order valence-corrected chi connectivity index (χ3v) is 5.05. The molecular formula is C24H28N6O2. The van der Waals surface area contributed by atoms with E-state index >= 15 is 0 Å². The molecular weight excluding hydrogens is 404 g/mol. The van der Waals surface area contributed by atoms with Crippen LogP contribution in [-0.4, -0.2) is 25.4 Å². The van der Waals surface area contributed by atoms with Gasteiger partial charge in [0.05, 0.1) is 12.1 Å². The lowest BCUT2D eigenvalue weighted by Crippen LogP contribution is -2.14. The molecule has 0 aliphatic rings. The van der Waals surface area contributed by atoms with Gasteiger partial charge in [0.1, 0.15) is 22.9 Å². The van der Waals surface area contributed by atoms with E-state index in [1.165, 1.54) is 17.5 Å². The SMILES string of the molecule is [2H]C([2H])([2H])C([2H])(C)c1nc(-c2ccc(CC(=O)Nc3cc(C(C)(C)C)no3)cc2)c2c(N)nccn12. The number of nitrogens with zero attached hydrogens (tertiary/aromatic N) is 4. The Hall–Kier alpha value is -3.68. The van der Waals surface area contributed by atoms with Crippen molar-refractivity contribution in [3.8, 4) is 11.3 Å². The van der Waals surface area contributed by atoms with Gasteiger partial charge in [-0.15, -0.1) is 0 Å². The number of carbonyl (C=O) groups excluding carboxylic acids is 1. The minimum absolute atomic E-state index is 0.0340. The van der Waals surface area contributed by atoms with Crippen LogP contribution < -0.4 is 11.1 Å². The van der Waals surface area contributed by atoms with Crippen molar-refractivity contribution in [2.75, 3.05) is 11.1 Å². The fourth-order valence-corrected chi connectivity index (χ4v) is 3.36. The van der Waals surface area contributed by atoms with Crippen LogP contribution in [0.2, 0.25) is 0 Å². The molecule has 1 unspecified atom stereocenters. The van der Waals surface area contributed by atoms with E-state index in [9.17, 15) is 4.79 Å². The maximum absolute atomic E-state index is 12.5. The molecule has 1 atom stereocenters. The summed E-state index contributed by atoms with van der Waals surface area (Å²) >= 11 is 0. The summed E-state index contributed by atoms with van der Waals surface area (Å²) in [4.78, 5) is 21.1. The van der Waals surface area contributed by atoms with Crippen LogP contribution in [0.5, 0.6) is 0 Å². The molecule has 1 amide bonds. The summed E-state index contributed by atoms with van der Waals surface area (Å²) in [5.41, 5.74) is 8.88. The third kappa shape index (κ3) is 4.21. The molecule has 166 valence electrons. The molecule has 0 spiro atoms. The number of hydrogen-bond acceptors (Lipinski definition) is 6. The van der Waals surface area contributed by atoms with Gasteiger partial charge in [-0.25, -0.2) is 9.97 Å². The maximum atomic E-state index is 12.5. The number of nitrogens with two attached hydrogens (primary N) is 1. The largest absolute Gasteiger partial charge is 0.382 e. The number of rotatable bonds is 5. The molecule has 3 aromatic heterocycles. The number of hydrogen-bond donors (Lipinski definition) is 2. The Balaban J connectivity index is 1.60. The van der Waals surface area contributed by atoms with Gasteiger partial charge in [-0.3, -0.25) is 14.5 Å². The standard InChI is InChI=1S/C24H28N6O2/c1-14(2)23-28-20(21-22(25)26-10-11-30(21)23)16-8-6-15(7-9-16)12-18(31)27-19-13-17(29-32-19)24(3,4)5/h6-11,13-14H,12H2,1-5H3,(H2,25,26)(H,27,31)/i1D3,14D. The highest BCUT2D eigenvalue weighted by atomic mass is 16.5. The quantitative estimate of drug-likeness (QED) is 0.474. The minimum atomic E-state index is -2.61. The van der Waals surface area contributed by atoms with Crippen LogP contribution in [0.15, 0.2) is 47.2 Å². The number of amides is 1. The van der Waals surface area contributed by atoms with E-state index < -0.39 is 12.7 Å². The molecule has 8 heteroatoms.